The maximum Gasteiger partial charge on any atom is 0.0119 e. The van der Waals surface area contributed by atoms with Gasteiger partial charge in [-0.25, -0.2) is 0 Å². The SMILES string of the molecule is NCCC(Cc1cc(CC(CCN)NCCCNCC2CCCCC2)cc(-c2ccccc2)c1)NCCCNCC1CCCCC1. The molecule has 2 saturated carbocycles. The lowest BCUT2D eigenvalue weighted by molar-refractivity contribution is 0.341. The highest BCUT2D eigenvalue weighted by molar-refractivity contribution is 5.65. The molecule has 46 heavy (non-hydrogen) atoms. The first-order valence-electron chi connectivity index (χ1n) is 19.2. The van der Waals surface area contributed by atoms with Crippen molar-refractivity contribution in [1.82, 2.24) is 21.3 Å². The first-order chi connectivity index (χ1) is 22.7. The number of nitrogens with two attached hydrogens (primary N) is 2. The fourth-order valence-electron chi connectivity index (χ4n) is 7.75. The van der Waals surface area contributed by atoms with Crippen LogP contribution in [0.3, 0.4) is 0 Å². The molecule has 0 spiro atoms. The summed E-state index contributed by atoms with van der Waals surface area (Å²) in [6.07, 6.45) is 20.5. The lowest BCUT2D eigenvalue weighted by Crippen LogP contribution is -2.36. The van der Waals surface area contributed by atoms with Gasteiger partial charge in [0, 0.05) is 12.1 Å². The van der Waals surface area contributed by atoms with Crippen molar-refractivity contribution in [2.24, 2.45) is 23.3 Å². The van der Waals surface area contributed by atoms with Crippen molar-refractivity contribution in [3.8, 4) is 11.1 Å². The third kappa shape index (κ3) is 14.5. The van der Waals surface area contributed by atoms with Gasteiger partial charge >= 0.3 is 0 Å². The van der Waals surface area contributed by atoms with Crippen LogP contribution in [0.2, 0.25) is 0 Å². The van der Waals surface area contributed by atoms with Gasteiger partial charge in [0.25, 0.3) is 0 Å². The molecule has 8 N–H and O–H groups in total. The third-order valence-electron chi connectivity index (χ3n) is 10.4. The summed E-state index contributed by atoms with van der Waals surface area (Å²) < 4.78 is 0. The van der Waals surface area contributed by atoms with Crippen LogP contribution in [0.1, 0.15) is 101 Å². The van der Waals surface area contributed by atoms with Crippen LogP contribution in [0.15, 0.2) is 48.5 Å². The number of rotatable bonds is 23. The van der Waals surface area contributed by atoms with Crippen LogP contribution in [0, 0.1) is 11.8 Å². The Balaban J connectivity index is 1.29. The maximum atomic E-state index is 6.11. The Morgan fingerprint density at radius 1 is 0.565 bits per heavy atom. The Morgan fingerprint density at radius 3 is 1.50 bits per heavy atom. The normalized spacial score (nSPS) is 17.7. The van der Waals surface area contributed by atoms with Crippen molar-refractivity contribution >= 4 is 0 Å². The second-order valence-electron chi connectivity index (χ2n) is 14.4. The Hall–Kier alpha value is -1.80. The second kappa shape index (κ2) is 22.7. The minimum absolute atomic E-state index is 0.390. The average molecular weight is 633 g/mol. The molecular weight excluding hydrogens is 564 g/mol. The van der Waals surface area contributed by atoms with Crippen molar-refractivity contribution in [1.29, 1.82) is 0 Å². The molecule has 4 rings (SSSR count). The van der Waals surface area contributed by atoms with Gasteiger partial charge in [0.05, 0.1) is 0 Å². The molecule has 0 aromatic heterocycles. The maximum absolute atomic E-state index is 6.11. The molecule has 6 heteroatoms. The van der Waals surface area contributed by atoms with E-state index < -0.39 is 0 Å². The molecule has 0 heterocycles. The van der Waals surface area contributed by atoms with Gasteiger partial charge in [0.2, 0.25) is 0 Å². The van der Waals surface area contributed by atoms with E-state index in [2.05, 4.69) is 69.8 Å². The van der Waals surface area contributed by atoms with Gasteiger partial charge in [-0.1, -0.05) is 87.1 Å². The van der Waals surface area contributed by atoms with Crippen molar-refractivity contribution in [3.63, 3.8) is 0 Å². The monoisotopic (exact) mass is 633 g/mol. The summed E-state index contributed by atoms with van der Waals surface area (Å²) in [7, 11) is 0. The van der Waals surface area contributed by atoms with Gasteiger partial charge in [0.1, 0.15) is 0 Å². The van der Waals surface area contributed by atoms with E-state index in [1.165, 1.54) is 99.6 Å². The summed E-state index contributed by atoms with van der Waals surface area (Å²) in [4.78, 5) is 0. The van der Waals surface area contributed by atoms with E-state index >= 15 is 0 Å². The van der Waals surface area contributed by atoms with E-state index in [4.69, 9.17) is 11.5 Å². The van der Waals surface area contributed by atoms with Crippen molar-refractivity contribution < 1.29 is 0 Å². The smallest absolute Gasteiger partial charge is 0.0119 e. The summed E-state index contributed by atoms with van der Waals surface area (Å²) in [6, 6.07) is 18.9. The first-order valence-corrected chi connectivity index (χ1v) is 19.2. The molecule has 2 aromatic rings. The molecule has 2 aliphatic rings. The Morgan fingerprint density at radius 2 is 1.04 bits per heavy atom. The van der Waals surface area contributed by atoms with Crippen LogP contribution in [0.5, 0.6) is 0 Å². The van der Waals surface area contributed by atoms with Crippen LogP contribution < -0.4 is 32.7 Å². The molecule has 2 fully saturated rings. The van der Waals surface area contributed by atoms with Gasteiger partial charge in [-0.05, 0) is 151 Å². The highest BCUT2D eigenvalue weighted by Gasteiger charge is 2.16. The largest absolute Gasteiger partial charge is 0.330 e. The predicted octanol–water partition coefficient (Wildman–Crippen LogP) is 6.17. The molecule has 0 radical (unpaired) electrons. The van der Waals surface area contributed by atoms with Gasteiger partial charge in [0.15, 0.2) is 0 Å². The fraction of sp³-hybridized carbons (Fsp3) is 0.700. The molecular formula is C40H68N6. The standard InChI is InChI=1S/C40H68N6/c41-20-18-39(45-24-10-22-43-31-33-12-4-1-5-13-33)29-35-26-36(28-38(27-35)37-16-8-3-9-17-37)30-40(19-21-42)46-25-11-23-44-32-34-14-6-2-7-15-34/h3,8-9,16-17,26-28,33-34,39-40,43-46H,1-2,4-7,10-15,18-25,29-32,41-42H2. The average Bonchev–Trinajstić information content (AvgIpc) is 3.09. The molecule has 2 aliphatic carbocycles. The van der Waals surface area contributed by atoms with Gasteiger partial charge in [-0.2, -0.15) is 0 Å². The number of benzene rings is 2. The summed E-state index contributed by atoms with van der Waals surface area (Å²) in [5, 5.41) is 15.2. The van der Waals surface area contributed by atoms with Crippen LogP contribution in [0.4, 0.5) is 0 Å². The molecule has 2 aromatic carbocycles. The topological polar surface area (TPSA) is 100 Å². The minimum atomic E-state index is 0.390. The molecule has 2 atom stereocenters. The van der Waals surface area contributed by atoms with E-state index in [-0.39, 0.29) is 0 Å². The highest BCUT2D eigenvalue weighted by atomic mass is 14.9. The highest BCUT2D eigenvalue weighted by Crippen LogP contribution is 2.25. The number of hydrogen-bond acceptors (Lipinski definition) is 6. The molecule has 0 amide bonds. The van der Waals surface area contributed by atoms with Crippen LogP contribution in [0.25, 0.3) is 11.1 Å². The van der Waals surface area contributed by atoms with Gasteiger partial charge < -0.3 is 32.7 Å². The lowest BCUT2D eigenvalue weighted by atomic mass is 9.89. The number of hydrogen-bond donors (Lipinski definition) is 6. The van der Waals surface area contributed by atoms with E-state index in [1.807, 2.05) is 0 Å². The second-order valence-corrected chi connectivity index (χ2v) is 14.4. The molecule has 2 unspecified atom stereocenters. The molecule has 0 aliphatic heterocycles. The Labute approximate surface area is 282 Å². The Bertz CT molecular complexity index is 973. The van der Waals surface area contributed by atoms with Crippen LogP contribution in [-0.2, 0) is 12.8 Å². The number of nitrogens with one attached hydrogen (secondary N) is 4. The van der Waals surface area contributed by atoms with Crippen molar-refractivity contribution in [3.05, 3.63) is 59.7 Å². The van der Waals surface area contributed by atoms with Crippen molar-refractivity contribution in [2.75, 3.05) is 52.4 Å². The summed E-state index contributed by atoms with van der Waals surface area (Å²) >= 11 is 0. The Kier molecular flexibility index (Phi) is 18.3. The minimum Gasteiger partial charge on any atom is -0.330 e. The lowest BCUT2D eigenvalue weighted by Gasteiger charge is -2.23. The fourth-order valence-corrected chi connectivity index (χ4v) is 7.75. The van der Waals surface area contributed by atoms with E-state index in [0.29, 0.717) is 25.2 Å². The zero-order valence-electron chi connectivity index (χ0n) is 29.1. The first kappa shape index (κ1) is 37.0. The molecule has 0 saturated heterocycles. The van der Waals surface area contributed by atoms with E-state index in [1.54, 1.807) is 0 Å². The molecule has 6 nitrogen and oxygen atoms in total. The van der Waals surface area contributed by atoms with Crippen LogP contribution in [-0.4, -0.2) is 64.4 Å². The van der Waals surface area contributed by atoms with Gasteiger partial charge in [-0.15, -0.1) is 0 Å². The zero-order valence-corrected chi connectivity index (χ0v) is 29.1. The summed E-state index contributed by atoms with van der Waals surface area (Å²) in [5.74, 6) is 1.79. The van der Waals surface area contributed by atoms with Crippen LogP contribution >= 0.6 is 0 Å². The summed E-state index contributed by atoms with van der Waals surface area (Å²) in [6.45, 7) is 8.06. The quantitative estimate of drug-likeness (QED) is 0.0820. The van der Waals surface area contributed by atoms with Gasteiger partial charge in [-0.3, -0.25) is 0 Å². The predicted molar refractivity (Wildman–Crippen MR) is 198 cm³/mol. The third-order valence-corrected chi connectivity index (χ3v) is 10.4. The van der Waals surface area contributed by atoms with Crippen molar-refractivity contribution in [2.45, 2.75) is 115 Å². The summed E-state index contributed by atoms with van der Waals surface area (Å²) in [5.41, 5.74) is 17.6. The van der Waals surface area contributed by atoms with E-state index in [0.717, 1.165) is 76.5 Å². The van der Waals surface area contributed by atoms with E-state index in [9.17, 15) is 0 Å². The zero-order chi connectivity index (χ0) is 32.1. The molecule has 0 bridgehead atoms. The molecule has 258 valence electrons.